The molecule has 1 saturated heterocycles. The van der Waals surface area contributed by atoms with Crippen LogP contribution in [0.3, 0.4) is 0 Å². The van der Waals surface area contributed by atoms with Gasteiger partial charge >= 0.3 is 0 Å². The molecule has 2 unspecified atom stereocenters. The first-order valence-corrected chi connectivity index (χ1v) is 5.81. The molecule has 1 heterocycles. The highest BCUT2D eigenvalue weighted by Gasteiger charge is 2.21. The van der Waals surface area contributed by atoms with Gasteiger partial charge in [-0.05, 0) is 25.7 Å². The summed E-state index contributed by atoms with van der Waals surface area (Å²) in [5.74, 6) is -0.0788. The topological polar surface area (TPSA) is 58.6 Å². The molecule has 1 fully saturated rings. The molecule has 0 bridgehead atoms. The maximum Gasteiger partial charge on any atom is 0.249 e. The zero-order valence-electron chi connectivity index (χ0n) is 9.37. The van der Waals surface area contributed by atoms with Crippen molar-refractivity contribution in [2.45, 2.75) is 51.2 Å². The second-order valence-corrected chi connectivity index (χ2v) is 4.04. The smallest absolute Gasteiger partial charge is 0.249 e. The Labute approximate surface area is 91.0 Å². The first-order chi connectivity index (χ1) is 7.24. The number of hydrogen-bond acceptors (Lipinski definition) is 3. The van der Waals surface area contributed by atoms with Gasteiger partial charge in [0.05, 0.1) is 6.10 Å². The van der Waals surface area contributed by atoms with Gasteiger partial charge in [0, 0.05) is 13.2 Å². The molecule has 4 nitrogen and oxygen atoms in total. The molecule has 1 aliphatic rings. The molecule has 1 aliphatic heterocycles. The first-order valence-electron chi connectivity index (χ1n) is 5.81. The fourth-order valence-corrected chi connectivity index (χ4v) is 1.72. The van der Waals surface area contributed by atoms with Crippen LogP contribution >= 0.6 is 0 Å². The molecule has 0 aromatic rings. The Morgan fingerprint density at radius 3 is 3.00 bits per heavy atom. The minimum absolute atomic E-state index is 0.0788. The second-order valence-electron chi connectivity index (χ2n) is 4.04. The van der Waals surface area contributed by atoms with Crippen molar-refractivity contribution < 1.29 is 14.6 Å². The zero-order chi connectivity index (χ0) is 11.1. The van der Waals surface area contributed by atoms with Crippen LogP contribution in [0.4, 0.5) is 0 Å². The summed E-state index contributed by atoms with van der Waals surface area (Å²) in [7, 11) is 0. The quantitative estimate of drug-likeness (QED) is 0.714. The lowest BCUT2D eigenvalue weighted by Gasteiger charge is -2.22. The molecule has 2 atom stereocenters. The summed E-state index contributed by atoms with van der Waals surface area (Å²) in [6.45, 7) is 3.03. The summed E-state index contributed by atoms with van der Waals surface area (Å²) in [6, 6.07) is 0. The molecule has 15 heavy (non-hydrogen) atoms. The Morgan fingerprint density at radius 1 is 1.60 bits per heavy atom. The number of amides is 1. The number of nitrogens with one attached hydrogen (secondary N) is 1. The lowest BCUT2D eigenvalue weighted by Crippen LogP contribution is -2.41. The van der Waals surface area contributed by atoms with Crippen molar-refractivity contribution >= 4 is 5.91 Å². The molecule has 4 heteroatoms. The van der Waals surface area contributed by atoms with Crippen LogP contribution in [0.5, 0.6) is 0 Å². The Bertz CT molecular complexity index is 190. The highest BCUT2D eigenvalue weighted by molar-refractivity contribution is 5.80. The van der Waals surface area contributed by atoms with Crippen LogP contribution in [0.1, 0.15) is 39.0 Å². The highest BCUT2D eigenvalue weighted by Crippen LogP contribution is 2.12. The predicted molar refractivity (Wildman–Crippen MR) is 57.5 cm³/mol. The number of carbonyl (C=O) groups is 1. The number of hydrogen-bond donors (Lipinski definition) is 2. The van der Waals surface area contributed by atoms with E-state index in [9.17, 15) is 9.90 Å². The fourth-order valence-electron chi connectivity index (χ4n) is 1.72. The van der Waals surface area contributed by atoms with Gasteiger partial charge in [-0.25, -0.2) is 0 Å². The summed E-state index contributed by atoms with van der Waals surface area (Å²) >= 11 is 0. The number of ether oxygens (including phenoxy) is 1. The number of aliphatic hydroxyl groups is 1. The molecular weight excluding hydrogens is 194 g/mol. The van der Waals surface area contributed by atoms with Crippen molar-refractivity contribution in [3.63, 3.8) is 0 Å². The summed E-state index contributed by atoms with van der Waals surface area (Å²) in [5.41, 5.74) is 0. The molecule has 0 aromatic heterocycles. The average Bonchev–Trinajstić information content (AvgIpc) is 2.27. The summed E-state index contributed by atoms with van der Waals surface area (Å²) in [5, 5.41) is 12.2. The maximum absolute atomic E-state index is 11.6. The van der Waals surface area contributed by atoms with Crippen molar-refractivity contribution in [2.24, 2.45) is 0 Å². The van der Waals surface area contributed by atoms with Gasteiger partial charge in [0.25, 0.3) is 0 Å². The highest BCUT2D eigenvalue weighted by atomic mass is 16.5. The van der Waals surface area contributed by atoms with E-state index >= 15 is 0 Å². The van der Waals surface area contributed by atoms with Gasteiger partial charge in [0.1, 0.15) is 6.10 Å². The van der Waals surface area contributed by atoms with E-state index in [0.29, 0.717) is 13.2 Å². The van der Waals surface area contributed by atoms with Crippen LogP contribution in [0, 0.1) is 0 Å². The van der Waals surface area contributed by atoms with Gasteiger partial charge < -0.3 is 15.2 Å². The molecule has 0 saturated carbocycles. The van der Waals surface area contributed by atoms with E-state index in [0.717, 1.165) is 32.1 Å². The van der Waals surface area contributed by atoms with Crippen LogP contribution in [0.2, 0.25) is 0 Å². The Hall–Kier alpha value is -0.610. The SMILES string of the molecule is CCCC(O)CNC(=O)C1CCCCO1. The Balaban J connectivity index is 2.16. The molecule has 0 radical (unpaired) electrons. The lowest BCUT2D eigenvalue weighted by molar-refractivity contribution is -0.135. The summed E-state index contributed by atoms with van der Waals surface area (Å²) in [4.78, 5) is 11.6. The molecule has 1 rings (SSSR count). The summed E-state index contributed by atoms with van der Waals surface area (Å²) in [6.07, 6.45) is 3.83. The molecule has 0 spiro atoms. The third-order valence-electron chi connectivity index (χ3n) is 2.61. The molecule has 0 aliphatic carbocycles. The van der Waals surface area contributed by atoms with Crippen molar-refractivity contribution in [1.29, 1.82) is 0 Å². The Morgan fingerprint density at radius 2 is 2.40 bits per heavy atom. The van der Waals surface area contributed by atoms with Crippen LogP contribution in [-0.4, -0.2) is 36.4 Å². The standard InChI is InChI=1S/C11H21NO3/c1-2-5-9(13)8-12-11(14)10-6-3-4-7-15-10/h9-10,13H,2-8H2,1H3,(H,12,14). The minimum Gasteiger partial charge on any atom is -0.391 e. The second kappa shape index (κ2) is 6.80. The zero-order valence-corrected chi connectivity index (χ0v) is 9.37. The average molecular weight is 215 g/mol. The molecule has 2 N–H and O–H groups in total. The van der Waals surface area contributed by atoms with Gasteiger partial charge in [-0.15, -0.1) is 0 Å². The van der Waals surface area contributed by atoms with Crippen LogP contribution < -0.4 is 5.32 Å². The predicted octanol–water partition coefficient (Wildman–Crippen LogP) is 0.833. The lowest BCUT2D eigenvalue weighted by atomic mass is 10.1. The summed E-state index contributed by atoms with van der Waals surface area (Å²) < 4.78 is 5.34. The van der Waals surface area contributed by atoms with E-state index in [2.05, 4.69) is 5.32 Å². The van der Waals surface area contributed by atoms with E-state index in [1.165, 1.54) is 0 Å². The van der Waals surface area contributed by atoms with E-state index in [4.69, 9.17) is 4.74 Å². The van der Waals surface area contributed by atoms with Gasteiger partial charge in [-0.3, -0.25) is 4.79 Å². The van der Waals surface area contributed by atoms with Crippen LogP contribution in [0.15, 0.2) is 0 Å². The van der Waals surface area contributed by atoms with Gasteiger partial charge in [0.15, 0.2) is 0 Å². The van der Waals surface area contributed by atoms with Gasteiger partial charge in [0.2, 0.25) is 5.91 Å². The van der Waals surface area contributed by atoms with E-state index in [1.54, 1.807) is 0 Å². The molecule has 0 aromatic carbocycles. The molecule has 88 valence electrons. The van der Waals surface area contributed by atoms with E-state index in [-0.39, 0.29) is 12.0 Å². The van der Waals surface area contributed by atoms with E-state index < -0.39 is 6.10 Å². The van der Waals surface area contributed by atoms with Crippen molar-refractivity contribution in [1.82, 2.24) is 5.32 Å². The number of carbonyl (C=O) groups excluding carboxylic acids is 1. The van der Waals surface area contributed by atoms with Crippen LogP contribution in [0.25, 0.3) is 0 Å². The van der Waals surface area contributed by atoms with Crippen molar-refractivity contribution in [2.75, 3.05) is 13.2 Å². The monoisotopic (exact) mass is 215 g/mol. The van der Waals surface area contributed by atoms with Gasteiger partial charge in [-0.1, -0.05) is 13.3 Å². The number of aliphatic hydroxyl groups excluding tert-OH is 1. The Kier molecular flexibility index (Phi) is 5.65. The number of rotatable bonds is 5. The van der Waals surface area contributed by atoms with Crippen molar-refractivity contribution in [3.8, 4) is 0 Å². The minimum atomic E-state index is -0.428. The largest absolute Gasteiger partial charge is 0.391 e. The van der Waals surface area contributed by atoms with Crippen molar-refractivity contribution in [3.05, 3.63) is 0 Å². The molecule has 1 amide bonds. The first kappa shape index (κ1) is 12.5. The van der Waals surface area contributed by atoms with Crippen LogP contribution in [-0.2, 0) is 9.53 Å². The maximum atomic E-state index is 11.6. The third-order valence-corrected chi connectivity index (χ3v) is 2.61. The van der Waals surface area contributed by atoms with Gasteiger partial charge in [-0.2, -0.15) is 0 Å². The van der Waals surface area contributed by atoms with E-state index in [1.807, 2.05) is 6.92 Å². The normalized spacial score (nSPS) is 23.5. The fraction of sp³-hybridized carbons (Fsp3) is 0.909. The third kappa shape index (κ3) is 4.62. The molecular formula is C11H21NO3.